The van der Waals surface area contributed by atoms with E-state index in [0.29, 0.717) is 0 Å². The van der Waals surface area contributed by atoms with Crippen LogP contribution in [0.3, 0.4) is 0 Å². The van der Waals surface area contributed by atoms with E-state index in [9.17, 15) is 4.79 Å². The Bertz CT molecular complexity index is 489. The Morgan fingerprint density at radius 2 is 2.29 bits per heavy atom. The van der Waals surface area contributed by atoms with Gasteiger partial charge < -0.3 is 20.9 Å². The summed E-state index contributed by atoms with van der Waals surface area (Å²) in [7, 11) is 3.97. The number of carbonyl (C=O) groups excluding carboxylic acids is 1. The highest BCUT2D eigenvalue weighted by Crippen LogP contribution is 2.18. The molecule has 2 amide bonds. The van der Waals surface area contributed by atoms with E-state index in [1.54, 1.807) is 0 Å². The van der Waals surface area contributed by atoms with Crippen LogP contribution >= 0.6 is 0 Å². The van der Waals surface area contributed by atoms with Crippen LogP contribution in [0, 0.1) is 0 Å². The van der Waals surface area contributed by atoms with Gasteiger partial charge in [0.1, 0.15) is 0 Å². The molecule has 1 aliphatic heterocycles. The van der Waals surface area contributed by atoms with Crippen LogP contribution in [-0.2, 0) is 0 Å². The maximum Gasteiger partial charge on any atom is 0.321 e. The van der Waals surface area contributed by atoms with E-state index in [2.05, 4.69) is 17.3 Å². The smallest absolute Gasteiger partial charge is 0.321 e. The molecule has 0 aromatic heterocycles. The number of nitrogens with one attached hydrogen (secondary N) is 1. The van der Waals surface area contributed by atoms with Gasteiger partial charge in [-0.2, -0.15) is 0 Å². The van der Waals surface area contributed by atoms with Crippen molar-refractivity contribution < 1.29 is 4.79 Å². The summed E-state index contributed by atoms with van der Waals surface area (Å²) in [6.45, 7) is 3.98. The molecule has 1 aromatic rings. The number of benzene rings is 1. The number of rotatable bonds is 3. The first-order valence-electron chi connectivity index (χ1n) is 7.55. The molecule has 1 fully saturated rings. The van der Waals surface area contributed by atoms with Gasteiger partial charge in [-0.15, -0.1) is 0 Å². The fourth-order valence-corrected chi connectivity index (χ4v) is 2.73. The van der Waals surface area contributed by atoms with Crippen LogP contribution in [-0.4, -0.2) is 49.1 Å². The van der Waals surface area contributed by atoms with Crippen LogP contribution in [0.25, 0.3) is 0 Å². The molecular formula is C16H26N4O. The van der Waals surface area contributed by atoms with Gasteiger partial charge in [-0.1, -0.05) is 12.1 Å². The lowest BCUT2D eigenvalue weighted by atomic mass is 10.1. The summed E-state index contributed by atoms with van der Waals surface area (Å²) in [5.41, 5.74) is 7.69. The number of hydrogen-bond donors (Lipinski definition) is 2. The highest BCUT2D eigenvalue weighted by atomic mass is 16.2. The molecule has 5 heteroatoms. The number of urea groups is 1. The van der Waals surface area contributed by atoms with E-state index in [1.807, 2.05) is 43.1 Å². The number of likely N-dealkylation sites (N-methyl/N-ethyl adjacent to an activating group) is 2. The second kappa shape index (κ2) is 6.91. The molecule has 0 saturated carbocycles. The van der Waals surface area contributed by atoms with Gasteiger partial charge in [0.15, 0.2) is 0 Å². The number of nitrogens with zero attached hydrogens (tertiary/aromatic N) is 2. The lowest BCUT2D eigenvalue weighted by Gasteiger charge is -2.35. The van der Waals surface area contributed by atoms with E-state index < -0.39 is 0 Å². The normalized spacial score (nSPS) is 20.9. The number of likely N-dealkylation sites (tertiary alicyclic amines) is 1. The van der Waals surface area contributed by atoms with Gasteiger partial charge in [0.2, 0.25) is 0 Å². The van der Waals surface area contributed by atoms with Gasteiger partial charge in [-0.05, 0) is 51.1 Å². The first kappa shape index (κ1) is 15.8. The van der Waals surface area contributed by atoms with Gasteiger partial charge >= 0.3 is 6.03 Å². The van der Waals surface area contributed by atoms with Gasteiger partial charge in [0.05, 0.1) is 0 Å². The predicted molar refractivity (Wildman–Crippen MR) is 86.3 cm³/mol. The summed E-state index contributed by atoms with van der Waals surface area (Å²) < 4.78 is 0. The number of anilines is 1. The minimum atomic E-state index is -0.0582. The fourth-order valence-electron chi connectivity index (χ4n) is 2.73. The minimum absolute atomic E-state index is 0.0356. The lowest BCUT2D eigenvalue weighted by Crippen LogP contribution is -2.48. The standard InChI is InChI=1S/C16H26N4O/c1-12(17)13-6-4-7-14(10-13)18-16(21)20(3)15-8-5-9-19(2)11-15/h4,6-7,10,12,15H,5,8-9,11,17H2,1-3H3,(H,18,21). The molecule has 0 radical (unpaired) electrons. The van der Waals surface area contributed by atoms with Crippen molar-refractivity contribution in [2.75, 3.05) is 32.5 Å². The van der Waals surface area contributed by atoms with Crippen molar-refractivity contribution in [2.45, 2.75) is 31.8 Å². The first-order valence-corrected chi connectivity index (χ1v) is 7.55. The fraction of sp³-hybridized carbons (Fsp3) is 0.562. The van der Waals surface area contributed by atoms with Crippen molar-refractivity contribution in [3.8, 4) is 0 Å². The molecule has 1 aliphatic rings. The quantitative estimate of drug-likeness (QED) is 0.897. The molecule has 0 spiro atoms. The van der Waals surface area contributed by atoms with Crippen LogP contribution in [0.15, 0.2) is 24.3 Å². The van der Waals surface area contributed by atoms with E-state index in [4.69, 9.17) is 5.73 Å². The second-order valence-electron chi connectivity index (χ2n) is 6.01. The van der Waals surface area contributed by atoms with E-state index >= 15 is 0 Å². The zero-order valence-electron chi connectivity index (χ0n) is 13.2. The molecule has 1 heterocycles. The Labute approximate surface area is 127 Å². The van der Waals surface area contributed by atoms with Crippen molar-refractivity contribution >= 4 is 11.7 Å². The third-order valence-electron chi connectivity index (χ3n) is 4.13. The summed E-state index contributed by atoms with van der Waals surface area (Å²) in [6, 6.07) is 7.90. The minimum Gasteiger partial charge on any atom is -0.324 e. The molecular weight excluding hydrogens is 264 g/mol. The molecule has 2 atom stereocenters. The van der Waals surface area contributed by atoms with Gasteiger partial charge in [-0.25, -0.2) is 4.79 Å². The third kappa shape index (κ3) is 4.19. The van der Waals surface area contributed by atoms with Crippen LogP contribution in [0.2, 0.25) is 0 Å². The van der Waals surface area contributed by atoms with E-state index in [0.717, 1.165) is 37.2 Å². The molecule has 116 valence electrons. The van der Waals surface area contributed by atoms with Gasteiger partial charge in [0.25, 0.3) is 0 Å². The van der Waals surface area contributed by atoms with Gasteiger partial charge in [0, 0.05) is 31.4 Å². The maximum absolute atomic E-state index is 12.4. The highest BCUT2D eigenvalue weighted by molar-refractivity contribution is 5.89. The van der Waals surface area contributed by atoms with Crippen LogP contribution < -0.4 is 11.1 Å². The van der Waals surface area contributed by atoms with Crippen LogP contribution in [0.1, 0.15) is 31.4 Å². The number of piperidine rings is 1. The Balaban J connectivity index is 1.98. The molecule has 2 rings (SSSR count). The zero-order chi connectivity index (χ0) is 15.4. The number of nitrogens with two attached hydrogens (primary N) is 1. The predicted octanol–water partition coefficient (Wildman–Crippen LogP) is 2.26. The summed E-state index contributed by atoms with van der Waals surface area (Å²) >= 11 is 0. The Morgan fingerprint density at radius 1 is 1.52 bits per heavy atom. The molecule has 0 aliphatic carbocycles. The average molecular weight is 290 g/mol. The largest absolute Gasteiger partial charge is 0.324 e. The van der Waals surface area contributed by atoms with E-state index in [-0.39, 0.29) is 18.1 Å². The second-order valence-corrected chi connectivity index (χ2v) is 6.01. The zero-order valence-corrected chi connectivity index (χ0v) is 13.2. The van der Waals surface area contributed by atoms with Crippen LogP contribution in [0.5, 0.6) is 0 Å². The summed E-state index contributed by atoms with van der Waals surface area (Å²) in [6.07, 6.45) is 2.20. The topological polar surface area (TPSA) is 61.6 Å². The number of hydrogen-bond acceptors (Lipinski definition) is 3. The lowest BCUT2D eigenvalue weighted by molar-refractivity contribution is 0.148. The summed E-state index contributed by atoms with van der Waals surface area (Å²) in [5, 5.41) is 2.96. The van der Waals surface area contributed by atoms with Crippen molar-refractivity contribution in [1.29, 1.82) is 0 Å². The molecule has 1 saturated heterocycles. The molecule has 1 aromatic carbocycles. The molecule has 5 nitrogen and oxygen atoms in total. The Morgan fingerprint density at radius 3 is 2.95 bits per heavy atom. The Kier molecular flexibility index (Phi) is 5.20. The maximum atomic E-state index is 12.4. The van der Waals surface area contributed by atoms with Crippen molar-refractivity contribution in [3.63, 3.8) is 0 Å². The highest BCUT2D eigenvalue weighted by Gasteiger charge is 2.24. The van der Waals surface area contributed by atoms with Crippen LogP contribution in [0.4, 0.5) is 10.5 Å². The average Bonchev–Trinajstić information content (AvgIpc) is 2.46. The van der Waals surface area contributed by atoms with Crippen molar-refractivity contribution in [3.05, 3.63) is 29.8 Å². The van der Waals surface area contributed by atoms with Gasteiger partial charge in [-0.3, -0.25) is 0 Å². The Hall–Kier alpha value is -1.59. The molecule has 0 bridgehead atoms. The summed E-state index contributed by atoms with van der Waals surface area (Å²) in [4.78, 5) is 16.5. The molecule has 21 heavy (non-hydrogen) atoms. The van der Waals surface area contributed by atoms with Crippen molar-refractivity contribution in [2.24, 2.45) is 5.73 Å². The monoisotopic (exact) mass is 290 g/mol. The first-order chi connectivity index (χ1) is 9.97. The SMILES string of the molecule is CC(N)c1cccc(NC(=O)N(C)C2CCCN(C)C2)c1. The number of carbonyl (C=O) groups is 1. The molecule has 3 N–H and O–H groups in total. The van der Waals surface area contributed by atoms with E-state index in [1.165, 1.54) is 0 Å². The number of amides is 2. The third-order valence-corrected chi connectivity index (χ3v) is 4.13. The summed E-state index contributed by atoms with van der Waals surface area (Å²) in [5.74, 6) is 0. The molecule has 2 unspecified atom stereocenters. The van der Waals surface area contributed by atoms with Crippen molar-refractivity contribution in [1.82, 2.24) is 9.80 Å².